The summed E-state index contributed by atoms with van der Waals surface area (Å²) < 4.78 is 10.1. The van der Waals surface area contributed by atoms with Crippen LogP contribution in [0.4, 0.5) is 5.69 Å². The van der Waals surface area contributed by atoms with Crippen molar-refractivity contribution in [2.24, 2.45) is 0 Å². The number of hydrogen-bond donors (Lipinski definition) is 0. The Balaban J connectivity index is 1.90. The molecule has 7 heteroatoms. The summed E-state index contributed by atoms with van der Waals surface area (Å²) in [4.78, 5) is 34.2. The second-order valence-electron chi connectivity index (χ2n) is 4.99. The average molecular weight is 325 g/mol. The number of carbonyl (C=O) groups excluding carboxylic acids is 1. The summed E-state index contributed by atoms with van der Waals surface area (Å²) in [6, 6.07) is 14.0. The molecule has 0 N–H and O–H groups in total. The van der Waals surface area contributed by atoms with Crippen LogP contribution in [-0.4, -0.2) is 10.9 Å². The molecule has 120 valence electrons. The van der Waals surface area contributed by atoms with Crippen LogP contribution in [0.3, 0.4) is 0 Å². The van der Waals surface area contributed by atoms with E-state index in [1.54, 1.807) is 24.3 Å². The van der Waals surface area contributed by atoms with Crippen molar-refractivity contribution < 1.29 is 18.9 Å². The van der Waals surface area contributed by atoms with Gasteiger partial charge in [-0.3, -0.25) is 10.1 Å². The third kappa shape index (κ3) is 3.14. The van der Waals surface area contributed by atoms with E-state index < -0.39 is 16.5 Å². The van der Waals surface area contributed by atoms with Crippen molar-refractivity contribution >= 4 is 22.6 Å². The third-order valence-corrected chi connectivity index (χ3v) is 3.36. The molecule has 0 unspecified atom stereocenters. The highest BCUT2D eigenvalue weighted by atomic mass is 16.6. The number of rotatable bonds is 4. The van der Waals surface area contributed by atoms with Crippen molar-refractivity contribution in [3.05, 3.63) is 86.3 Å². The van der Waals surface area contributed by atoms with Gasteiger partial charge in [0.05, 0.1) is 4.92 Å². The molecule has 0 aliphatic rings. The van der Waals surface area contributed by atoms with Gasteiger partial charge in [0.25, 0.3) is 5.69 Å². The van der Waals surface area contributed by atoms with Gasteiger partial charge in [-0.2, -0.15) is 0 Å². The number of fused-ring (bicyclic) bond motifs is 1. The molecule has 3 aromatic rings. The number of nitro groups is 1. The Kier molecular flexibility index (Phi) is 4.07. The minimum atomic E-state index is -0.852. The molecule has 0 saturated heterocycles. The Morgan fingerprint density at radius 2 is 1.88 bits per heavy atom. The molecule has 24 heavy (non-hydrogen) atoms. The van der Waals surface area contributed by atoms with E-state index >= 15 is 0 Å². The summed E-state index contributed by atoms with van der Waals surface area (Å²) in [6.07, 6.45) is 0. The van der Waals surface area contributed by atoms with Gasteiger partial charge >= 0.3 is 11.6 Å². The van der Waals surface area contributed by atoms with Crippen LogP contribution < -0.4 is 5.63 Å². The first-order chi connectivity index (χ1) is 11.5. The van der Waals surface area contributed by atoms with E-state index in [4.69, 9.17) is 9.15 Å². The molecule has 0 fully saturated rings. The van der Waals surface area contributed by atoms with E-state index in [1.165, 1.54) is 24.3 Å². The zero-order valence-corrected chi connectivity index (χ0v) is 12.3. The SMILES string of the molecule is O=C(OCc1ccccc1)c1cc2cc([N+](=O)[O-])ccc2oc1=O. The number of benzene rings is 2. The lowest BCUT2D eigenvalue weighted by Gasteiger charge is -2.05. The molecule has 0 radical (unpaired) electrons. The van der Waals surface area contributed by atoms with Crippen LogP contribution in [0.15, 0.2) is 63.8 Å². The summed E-state index contributed by atoms with van der Waals surface area (Å²) in [5.41, 5.74) is -0.398. The number of ether oxygens (including phenoxy) is 1. The number of carbonyl (C=O) groups is 1. The fourth-order valence-corrected chi connectivity index (χ4v) is 2.17. The average Bonchev–Trinajstić information content (AvgIpc) is 2.59. The molecular formula is C17H11NO6. The first-order valence-corrected chi connectivity index (χ1v) is 6.98. The van der Waals surface area contributed by atoms with Gasteiger partial charge in [0.2, 0.25) is 0 Å². The molecule has 0 aliphatic carbocycles. The van der Waals surface area contributed by atoms with Gasteiger partial charge in [0.1, 0.15) is 17.8 Å². The van der Waals surface area contributed by atoms with Crippen molar-refractivity contribution in [1.29, 1.82) is 0 Å². The Bertz CT molecular complexity index is 977. The molecule has 2 aromatic carbocycles. The Morgan fingerprint density at radius 1 is 1.12 bits per heavy atom. The molecule has 1 heterocycles. The van der Waals surface area contributed by atoms with Gasteiger partial charge in [-0.1, -0.05) is 30.3 Å². The van der Waals surface area contributed by atoms with E-state index in [-0.39, 0.29) is 28.8 Å². The van der Waals surface area contributed by atoms with E-state index in [0.29, 0.717) is 0 Å². The standard InChI is InChI=1S/C17H11NO6/c19-16(23-10-11-4-2-1-3-5-11)14-9-12-8-13(18(21)22)6-7-15(12)24-17(14)20/h1-9H,10H2. The molecule has 0 spiro atoms. The van der Waals surface area contributed by atoms with Gasteiger partial charge < -0.3 is 9.15 Å². The predicted molar refractivity (Wildman–Crippen MR) is 84.7 cm³/mol. The fourth-order valence-electron chi connectivity index (χ4n) is 2.17. The third-order valence-electron chi connectivity index (χ3n) is 3.36. The van der Waals surface area contributed by atoms with Crippen molar-refractivity contribution in [2.45, 2.75) is 6.61 Å². The lowest BCUT2D eigenvalue weighted by atomic mass is 10.1. The summed E-state index contributed by atoms with van der Waals surface area (Å²) in [5.74, 6) is -0.846. The van der Waals surface area contributed by atoms with Crippen LogP contribution in [0, 0.1) is 10.1 Å². The van der Waals surface area contributed by atoms with Crippen LogP contribution in [-0.2, 0) is 11.3 Å². The monoisotopic (exact) mass is 325 g/mol. The number of non-ortho nitro benzene ring substituents is 1. The van der Waals surface area contributed by atoms with Crippen LogP contribution in [0.2, 0.25) is 0 Å². The minimum absolute atomic E-state index is 0.00604. The second kappa shape index (κ2) is 6.33. The normalized spacial score (nSPS) is 10.5. The summed E-state index contributed by atoms with van der Waals surface area (Å²) in [7, 11) is 0. The second-order valence-corrected chi connectivity index (χ2v) is 4.99. The Labute approximate surface area is 135 Å². The highest BCUT2D eigenvalue weighted by Crippen LogP contribution is 2.20. The fraction of sp³-hybridized carbons (Fsp3) is 0.0588. The quantitative estimate of drug-likeness (QED) is 0.316. The number of nitro benzene ring substituents is 1. The van der Waals surface area contributed by atoms with Gasteiger partial charge in [-0.25, -0.2) is 9.59 Å². The maximum atomic E-state index is 12.1. The number of nitrogens with zero attached hydrogens (tertiary/aromatic N) is 1. The molecule has 0 amide bonds. The van der Waals surface area contributed by atoms with Crippen LogP contribution in [0.5, 0.6) is 0 Å². The predicted octanol–water partition coefficient (Wildman–Crippen LogP) is 3.06. The highest BCUT2D eigenvalue weighted by molar-refractivity contribution is 5.93. The van der Waals surface area contributed by atoms with Crippen molar-refractivity contribution in [2.75, 3.05) is 0 Å². The lowest BCUT2D eigenvalue weighted by Crippen LogP contribution is -2.16. The topological polar surface area (TPSA) is 99.7 Å². The summed E-state index contributed by atoms with van der Waals surface area (Å²) in [5, 5.41) is 11.1. The van der Waals surface area contributed by atoms with E-state index in [0.717, 1.165) is 5.56 Å². The number of hydrogen-bond acceptors (Lipinski definition) is 6. The molecule has 0 aliphatic heterocycles. The maximum Gasteiger partial charge on any atom is 0.351 e. The van der Waals surface area contributed by atoms with E-state index in [1.807, 2.05) is 6.07 Å². The molecule has 3 rings (SSSR count). The molecule has 7 nitrogen and oxygen atoms in total. The van der Waals surface area contributed by atoms with Gasteiger partial charge in [0, 0.05) is 17.5 Å². The summed E-state index contributed by atoms with van der Waals surface area (Å²) >= 11 is 0. The van der Waals surface area contributed by atoms with Gasteiger partial charge in [0.15, 0.2) is 0 Å². The van der Waals surface area contributed by atoms with E-state index in [9.17, 15) is 19.7 Å². The number of esters is 1. The molecular weight excluding hydrogens is 314 g/mol. The molecule has 0 saturated carbocycles. The molecule has 0 atom stereocenters. The Hall–Kier alpha value is -3.48. The van der Waals surface area contributed by atoms with Crippen LogP contribution >= 0.6 is 0 Å². The van der Waals surface area contributed by atoms with Crippen LogP contribution in [0.25, 0.3) is 11.0 Å². The van der Waals surface area contributed by atoms with E-state index in [2.05, 4.69) is 0 Å². The largest absolute Gasteiger partial charge is 0.457 e. The highest BCUT2D eigenvalue weighted by Gasteiger charge is 2.17. The van der Waals surface area contributed by atoms with Crippen molar-refractivity contribution in [3.8, 4) is 0 Å². The first-order valence-electron chi connectivity index (χ1n) is 6.98. The summed E-state index contributed by atoms with van der Waals surface area (Å²) in [6.45, 7) is 0.00604. The smallest absolute Gasteiger partial charge is 0.351 e. The maximum absolute atomic E-state index is 12.1. The zero-order chi connectivity index (χ0) is 17.1. The molecule has 0 bridgehead atoms. The van der Waals surface area contributed by atoms with Crippen LogP contribution in [0.1, 0.15) is 15.9 Å². The van der Waals surface area contributed by atoms with Gasteiger partial charge in [-0.15, -0.1) is 0 Å². The first kappa shape index (κ1) is 15.4. The molecule has 1 aromatic heterocycles. The minimum Gasteiger partial charge on any atom is -0.457 e. The van der Waals surface area contributed by atoms with Crippen molar-refractivity contribution in [1.82, 2.24) is 0 Å². The lowest BCUT2D eigenvalue weighted by molar-refractivity contribution is -0.384. The van der Waals surface area contributed by atoms with Crippen molar-refractivity contribution in [3.63, 3.8) is 0 Å². The van der Waals surface area contributed by atoms with Gasteiger partial charge in [-0.05, 0) is 17.7 Å². The Morgan fingerprint density at radius 3 is 2.58 bits per heavy atom. The zero-order valence-electron chi connectivity index (χ0n) is 12.3.